The molecule has 1 amide bonds. The number of amides is 1. The number of nitrogens with one attached hydrogen (secondary N) is 2. The molecular weight excluding hydrogens is 336 g/mol. The third kappa shape index (κ3) is 4.50. The molecule has 0 fully saturated rings. The van der Waals surface area contributed by atoms with Gasteiger partial charge in [-0.1, -0.05) is 23.5 Å². The Morgan fingerprint density at radius 1 is 1.30 bits per heavy atom. The SMILES string of the molecule is CNc1nc(C)c(C(=O)NCCc2ccc(S(N)(=O)=O)cc2)s1. The summed E-state index contributed by atoms with van der Waals surface area (Å²) in [5.74, 6) is -0.164. The average molecular weight is 354 g/mol. The van der Waals surface area contributed by atoms with E-state index in [1.54, 1.807) is 26.1 Å². The van der Waals surface area contributed by atoms with Gasteiger partial charge < -0.3 is 10.6 Å². The van der Waals surface area contributed by atoms with Crippen LogP contribution in [0.4, 0.5) is 5.13 Å². The predicted molar refractivity (Wildman–Crippen MR) is 90.3 cm³/mol. The smallest absolute Gasteiger partial charge is 0.263 e. The van der Waals surface area contributed by atoms with Gasteiger partial charge in [0.2, 0.25) is 10.0 Å². The molecule has 0 aliphatic rings. The van der Waals surface area contributed by atoms with Crippen LogP contribution in [0.5, 0.6) is 0 Å². The van der Waals surface area contributed by atoms with Crippen molar-refractivity contribution in [1.82, 2.24) is 10.3 Å². The molecule has 1 heterocycles. The van der Waals surface area contributed by atoms with Crippen molar-refractivity contribution in [3.63, 3.8) is 0 Å². The molecule has 7 nitrogen and oxygen atoms in total. The van der Waals surface area contributed by atoms with Gasteiger partial charge in [0, 0.05) is 13.6 Å². The minimum absolute atomic E-state index is 0.0742. The van der Waals surface area contributed by atoms with Crippen LogP contribution in [0.25, 0.3) is 0 Å². The Bertz CT molecular complexity index is 798. The number of nitrogens with two attached hydrogens (primary N) is 1. The summed E-state index contributed by atoms with van der Waals surface area (Å²) in [5, 5.41) is 11.5. The van der Waals surface area contributed by atoms with Gasteiger partial charge in [-0.3, -0.25) is 4.79 Å². The number of aromatic nitrogens is 1. The number of thiazole rings is 1. The fourth-order valence-corrected chi connectivity index (χ4v) is 3.31. The topological polar surface area (TPSA) is 114 Å². The molecule has 0 unspecified atom stereocenters. The highest BCUT2D eigenvalue weighted by molar-refractivity contribution is 7.89. The number of primary sulfonamides is 1. The molecule has 0 radical (unpaired) electrons. The van der Waals surface area contributed by atoms with Gasteiger partial charge in [0.15, 0.2) is 5.13 Å². The Morgan fingerprint density at radius 3 is 2.48 bits per heavy atom. The molecule has 0 saturated carbocycles. The quantitative estimate of drug-likeness (QED) is 0.719. The first-order chi connectivity index (χ1) is 10.8. The summed E-state index contributed by atoms with van der Waals surface area (Å²) < 4.78 is 22.3. The number of aryl methyl sites for hydroxylation is 1. The molecule has 0 atom stereocenters. The molecule has 9 heteroatoms. The van der Waals surface area contributed by atoms with E-state index >= 15 is 0 Å². The fraction of sp³-hybridized carbons (Fsp3) is 0.286. The summed E-state index contributed by atoms with van der Waals surface area (Å²) in [6.07, 6.45) is 0.591. The summed E-state index contributed by atoms with van der Waals surface area (Å²) in [7, 11) is -1.92. The highest BCUT2D eigenvalue weighted by Gasteiger charge is 2.14. The van der Waals surface area contributed by atoms with E-state index in [1.165, 1.54) is 23.5 Å². The zero-order valence-electron chi connectivity index (χ0n) is 12.8. The van der Waals surface area contributed by atoms with Crippen LogP contribution in [-0.4, -0.2) is 32.9 Å². The average Bonchev–Trinajstić information content (AvgIpc) is 2.88. The van der Waals surface area contributed by atoms with Crippen molar-refractivity contribution < 1.29 is 13.2 Å². The van der Waals surface area contributed by atoms with Crippen LogP contribution in [0.2, 0.25) is 0 Å². The fourth-order valence-electron chi connectivity index (χ4n) is 1.96. The van der Waals surface area contributed by atoms with Crippen molar-refractivity contribution in [2.45, 2.75) is 18.2 Å². The lowest BCUT2D eigenvalue weighted by Crippen LogP contribution is -2.25. The van der Waals surface area contributed by atoms with E-state index in [1.807, 2.05) is 0 Å². The van der Waals surface area contributed by atoms with Crippen LogP contribution in [0.1, 0.15) is 20.9 Å². The Labute approximate surface area is 139 Å². The first kappa shape index (κ1) is 17.4. The lowest BCUT2D eigenvalue weighted by atomic mass is 10.1. The van der Waals surface area contributed by atoms with Crippen molar-refractivity contribution >= 4 is 32.4 Å². The molecule has 1 aromatic heterocycles. The van der Waals surface area contributed by atoms with Gasteiger partial charge in [0.25, 0.3) is 5.91 Å². The number of carbonyl (C=O) groups excluding carboxylic acids is 1. The summed E-state index contributed by atoms with van der Waals surface area (Å²) in [5.41, 5.74) is 1.60. The largest absolute Gasteiger partial charge is 0.365 e. The maximum Gasteiger partial charge on any atom is 0.263 e. The van der Waals surface area contributed by atoms with Crippen molar-refractivity contribution in [1.29, 1.82) is 0 Å². The number of benzene rings is 1. The molecule has 4 N–H and O–H groups in total. The van der Waals surface area contributed by atoms with Crippen LogP contribution in [0.15, 0.2) is 29.2 Å². The minimum atomic E-state index is -3.68. The summed E-state index contributed by atoms with van der Waals surface area (Å²) in [6.45, 7) is 2.23. The van der Waals surface area contributed by atoms with Gasteiger partial charge in [-0.25, -0.2) is 18.5 Å². The standard InChI is InChI=1S/C14H18N4O3S2/c1-9-12(22-14(16-2)18-9)13(19)17-8-7-10-3-5-11(6-4-10)23(15,20)21/h3-6H,7-8H2,1-2H3,(H,16,18)(H,17,19)(H2,15,20,21). The molecule has 124 valence electrons. The second-order valence-corrected chi connectivity index (χ2v) is 7.44. The molecule has 0 aliphatic heterocycles. The van der Waals surface area contributed by atoms with E-state index in [0.29, 0.717) is 28.7 Å². The molecule has 0 spiro atoms. The van der Waals surface area contributed by atoms with Crippen LogP contribution in [-0.2, 0) is 16.4 Å². The third-order valence-electron chi connectivity index (χ3n) is 3.17. The summed E-state index contributed by atoms with van der Waals surface area (Å²) >= 11 is 1.30. The lowest BCUT2D eigenvalue weighted by Gasteiger charge is -2.05. The van der Waals surface area contributed by atoms with E-state index in [-0.39, 0.29) is 10.8 Å². The number of rotatable bonds is 6. The zero-order chi connectivity index (χ0) is 17.0. The number of carbonyl (C=O) groups is 1. The second-order valence-electron chi connectivity index (χ2n) is 4.88. The van der Waals surface area contributed by atoms with Gasteiger partial charge >= 0.3 is 0 Å². The number of sulfonamides is 1. The van der Waals surface area contributed by atoms with Crippen LogP contribution in [0.3, 0.4) is 0 Å². The number of nitrogens with zero attached hydrogens (tertiary/aromatic N) is 1. The Morgan fingerprint density at radius 2 is 1.96 bits per heavy atom. The highest BCUT2D eigenvalue weighted by atomic mass is 32.2. The van der Waals surface area contributed by atoms with Crippen molar-refractivity contribution in [2.75, 3.05) is 18.9 Å². The van der Waals surface area contributed by atoms with Crippen LogP contribution >= 0.6 is 11.3 Å². The first-order valence-corrected chi connectivity index (χ1v) is 9.22. The minimum Gasteiger partial charge on any atom is -0.365 e. The number of hydrogen-bond acceptors (Lipinski definition) is 6. The molecule has 0 aliphatic carbocycles. The van der Waals surface area contributed by atoms with E-state index < -0.39 is 10.0 Å². The second kappa shape index (κ2) is 7.07. The van der Waals surface area contributed by atoms with Crippen LogP contribution < -0.4 is 15.8 Å². The van der Waals surface area contributed by atoms with E-state index in [2.05, 4.69) is 15.6 Å². The molecule has 23 heavy (non-hydrogen) atoms. The first-order valence-electron chi connectivity index (χ1n) is 6.86. The van der Waals surface area contributed by atoms with Gasteiger partial charge in [-0.05, 0) is 31.0 Å². The van der Waals surface area contributed by atoms with E-state index in [0.717, 1.165) is 5.56 Å². The van der Waals surface area contributed by atoms with Gasteiger partial charge in [-0.2, -0.15) is 0 Å². The van der Waals surface area contributed by atoms with Gasteiger partial charge in [-0.15, -0.1) is 0 Å². The number of anilines is 1. The normalized spacial score (nSPS) is 11.3. The molecule has 2 aromatic rings. The monoisotopic (exact) mass is 354 g/mol. The van der Waals surface area contributed by atoms with Crippen molar-refractivity contribution in [3.05, 3.63) is 40.4 Å². The zero-order valence-corrected chi connectivity index (χ0v) is 14.4. The van der Waals surface area contributed by atoms with Gasteiger partial charge in [0.1, 0.15) is 4.88 Å². The molecule has 0 bridgehead atoms. The summed E-state index contributed by atoms with van der Waals surface area (Å²) in [6, 6.07) is 6.28. The van der Waals surface area contributed by atoms with Crippen LogP contribution in [0, 0.1) is 6.92 Å². The lowest BCUT2D eigenvalue weighted by molar-refractivity contribution is 0.0957. The Balaban J connectivity index is 1.91. The number of hydrogen-bond donors (Lipinski definition) is 3. The van der Waals surface area contributed by atoms with Gasteiger partial charge in [0.05, 0.1) is 10.6 Å². The molecule has 2 rings (SSSR count). The maximum atomic E-state index is 12.1. The predicted octanol–water partition coefficient (Wildman–Crippen LogP) is 1.11. The third-order valence-corrected chi connectivity index (χ3v) is 5.27. The summed E-state index contributed by atoms with van der Waals surface area (Å²) in [4.78, 5) is 17.0. The van der Waals surface area contributed by atoms with E-state index in [4.69, 9.17) is 5.14 Å². The Hall–Kier alpha value is -1.97. The molecule has 1 aromatic carbocycles. The van der Waals surface area contributed by atoms with Crippen molar-refractivity contribution in [2.24, 2.45) is 5.14 Å². The van der Waals surface area contributed by atoms with E-state index in [9.17, 15) is 13.2 Å². The van der Waals surface area contributed by atoms with Crippen molar-refractivity contribution in [3.8, 4) is 0 Å². The Kier molecular flexibility index (Phi) is 5.34. The maximum absolute atomic E-state index is 12.1. The highest BCUT2D eigenvalue weighted by Crippen LogP contribution is 2.21. The molecular formula is C14H18N4O3S2. The molecule has 0 saturated heterocycles.